The molecular weight excluding hydrogens is 484 g/mol. The summed E-state index contributed by atoms with van der Waals surface area (Å²) in [5, 5.41) is 0.495. The molecule has 0 spiro atoms. The number of carbonyl (C=O) groups excluding carboxylic acids is 1. The standard InChI is InChI=1S/C27H23ClN2O4S/c1-5-13-34-21-12-11-20(28)14-19(21)15-22-25(31)30-24(18-9-7-16(3)8-10-18)23(26(32)33-6-2)17(4)29-27(30)35-22/h1,7-12,14-15,24H,6,13H2,2-4H3/b22-15-/t24-/m1/s1. The molecule has 35 heavy (non-hydrogen) atoms. The van der Waals surface area contributed by atoms with Gasteiger partial charge in [-0.3, -0.25) is 9.36 Å². The topological polar surface area (TPSA) is 69.9 Å². The Balaban J connectivity index is 1.94. The van der Waals surface area contributed by atoms with Crippen LogP contribution in [0.3, 0.4) is 0 Å². The van der Waals surface area contributed by atoms with Crippen LogP contribution in [0.25, 0.3) is 6.08 Å². The fourth-order valence-electron chi connectivity index (χ4n) is 3.88. The van der Waals surface area contributed by atoms with Crippen LogP contribution in [0.1, 0.15) is 36.6 Å². The SMILES string of the molecule is C#CCOc1ccc(Cl)cc1/C=c1\sc2n(c1=O)[C@H](c1ccc(C)cc1)C(C(=O)OCC)=C(C)N=2. The molecule has 178 valence electrons. The van der Waals surface area contributed by atoms with Gasteiger partial charge < -0.3 is 9.47 Å². The second-order valence-electron chi connectivity index (χ2n) is 7.89. The van der Waals surface area contributed by atoms with Crippen molar-refractivity contribution in [2.45, 2.75) is 26.8 Å². The normalized spacial score (nSPS) is 15.3. The average molecular weight is 507 g/mol. The number of fused-ring (bicyclic) bond motifs is 1. The van der Waals surface area contributed by atoms with Gasteiger partial charge in [0.2, 0.25) is 0 Å². The maximum atomic E-state index is 13.7. The number of carbonyl (C=O) groups is 1. The van der Waals surface area contributed by atoms with Crippen LogP contribution in [0.15, 0.2) is 63.5 Å². The molecular formula is C27H23ClN2O4S. The summed E-state index contributed by atoms with van der Waals surface area (Å²) in [5.41, 5.74) is 3.06. The molecule has 1 aliphatic rings. The summed E-state index contributed by atoms with van der Waals surface area (Å²) in [6, 6.07) is 12.2. The van der Waals surface area contributed by atoms with Gasteiger partial charge in [-0.25, -0.2) is 9.79 Å². The van der Waals surface area contributed by atoms with Crippen LogP contribution < -0.4 is 19.6 Å². The highest BCUT2D eigenvalue weighted by atomic mass is 35.5. The summed E-state index contributed by atoms with van der Waals surface area (Å²) < 4.78 is 12.9. The second-order valence-corrected chi connectivity index (χ2v) is 9.33. The molecule has 0 saturated carbocycles. The Morgan fingerprint density at radius 3 is 2.69 bits per heavy atom. The molecule has 0 fully saturated rings. The number of ether oxygens (including phenoxy) is 2. The molecule has 4 rings (SSSR count). The van der Waals surface area contributed by atoms with Crippen molar-refractivity contribution in [2.24, 2.45) is 4.99 Å². The molecule has 2 aromatic carbocycles. The van der Waals surface area contributed by atoms with Crippen LogP contribution >= 0.6 is 22.9 Å². The van der Waals surface area contributed by atoms with Crippen molar-refractivity contribution in [1.29, 1.82) is 0 Å². The average Bonchev–Trinajstić information content (AvgIpc) is 3.12. The van der Waals surface area contributed by atoms with Crippen molar-refractivity contribution in [3.05, 3.63) is 95.1 Å². The second kappa shape index (κ2) is 10.3. The molecule has 0 unspecified atom stereocenters. The first-order valence-corrected chi connectivity index (χ1v) is 12.2. The molecule has 0 aliphatic carbocycles. The Kier molecular flexibility index (Phi) is 7.25. The Labute approximate surface area is 211 Å². The van der Waals surface area contributed by atoms with E-state index >= 15 is 0 Å². The lowest BCUT2D eigenvalue weighted by Crippen LogP contribution is -2.39. The first kappa shape index (κ1) is 24.5. The Morgan fingerprint density at radius 2 is 2.00 bits per heavy atom. The molecule has 0 N–H and O–H groups in total. The number of hydrogen-bond donors (Lipinski definition) is 0. The predicted molar refractivity (Wildman–Crippen MR) is 137 cm³/mol. The summed E-state index contributed by atoms with van der Waals surface area (Å²) >= 11 is 7.43. The van der Waals surface area contributed by atoms with Crippen LogP contribution in [0.4, 0.5) is 0 Å². The number of aromatic nitrogens is 1. The van der Waals surface area contributed by atoms with E-state index in [0.29, 0.717) is 36.9 Å². The lowest BCUT2D eigenvalue weighted by atomic mass is 9.95. The fraction of sp³-hybridized carbons (Fsp3) is 0.222. The van der Waals surface area contributed by atoms with E-state index in [1.807, 2.05) is 31.2 Å². The molecule has 0 saturated heterocycles. The molecule has 3 aromatic rings. The molecule has 8 heteroatoms. The monoisotopic (exact) mass is 506 g/mol. The summed E-state index contributed by atoms with van der Waals surface area (Å²) in [7, 11) is 0. The van der Waals surface area contributed by atoms with Crippen molar-refractivity contribution in [2.75, 3.05) is 13.2 Å². The van der Waals surface area contributed by atoms with E-state index in [4.69, 9.17) is 27.5 Å². The van der Waals surface area contributed by atoms with Crippen LogP contribution in [0.2, 0.25) is 5.02 Å². The number of terminal acetylenes is 1. The molecule has 6 nitrogen and oxygen atoms in total. The van der Waals surface area contributed by atoms with E-state index < -0.39 is 12.0 Å². The number of thiazole rings is 1. The van der Waals surface area contributed by atoms with Gasteiger partial charge in [0.15, 0.2) is 4.80 Å². The third-order valence-electron chi connectivity index (χ3n) is 5.48. The highest BCUT2D eigenvalue weighted by molar-refractivity contribution is 7.07. The minimum Gasteiger partial charge on any atom is -0.480 e. The highest BCUT2D eigenvalue weighted by Gasteiger charge is 2.33. The molecule has 0 bridgehead atoms. The summed E-state index contributed by atoms with van der Waals surface area (Å²) in [6.45, 7) is 5.78. The first-order chi connectivity index (χ1) is 16.8. The highest BCUT2D eigenvalue weighted by Crippen LogP contribution is 2.31. The van der Waals surface area contributed by atoms with Gasteiger partial charge in [-0.15, -0.1) is 6.42 Å². The van der Waals surface area contributed by atoms with E-state index in [1.165, 1.54) is 11.3 Å². The van der Waals surface area contributed by atoms with Crippen molar-refractivity contribution >= 4 is 35.0 Å². The van der Waals surface area contributed by atoms with Crippen molar-refractivity contribution in [1.82, 2.24) is 4.57 Å². The van der Waals surface area contributed by atoms with E-state index in [2.05, 4.69) is 10.9 Å². The number of aryl methyl sites for hydroxylation is 1. The van der Waals surface area contributed by atoms with E-state index in [0.717, 1.165) is 11.1 Å². The van der Waals surface area contributed by atoms with Crippen molar-refractivity contribution in [3.8, 4) is 18.1 Å². The number of allylic oxidation sites excluding steroid dienone is 1. The zero-order chi connectivity index (χ0) is 25.1. The zero-order valence-corrected chi connectivity index (χ0v) is 21.1. The maximum absolute atomic E-state index is 13.7. The van der Waals surface area contributed by atoms with E-state index in [1.54, 1.807) is 42.7 Å². The van der Waals surface area contributed by atoms with Crippen LogP contribution in [-0.4, -0.2) is 23.8 Å². The summed E-state index contributed by atoms with van der Waals surface area (Å²) in [6.07, 6.45) is 7.04. The van der Waals surface area contributed by atoms with Gasteiger partial charge in [0, 0.05) is 10.6 Å². The number of benzene rings is 2. The Bertz CT molecular complexity index is 1540. The minimum atomic E-state index is -0.662. The third-order valence-corrected chi connectivity index (χ3v) is 6.70. The van der Waals surface area contributed by atoms with Gasteiger partial charge in [0.05, 0.1) is 28.5 Å². The van der Waals surface area contributed by atoms with Gasteiger partial charge in [0.25, 0.3) is 5.56 Å². The molecule has 1 atom stereocenters. The first-order valence-electron chi connectivity index (χ1n) is 11.0. The Hall–Kier alpha value is -3.60. The molecule has 1 aliphatic heterocycles. The lowest BCUT2D eigenvalue weighted by molar-refractivity contribution is -0.139. The quantitative estimate of drug-likeness (QED) is 0.377. The fourth-order valence-corrected chi connectivity index (χ4v) is 5.10. The predicted octanol–water partition coefficient (Wildman–Crippen LogP) is 3.77. The van der Waals surface area contributed by atoms with Gasteiger partial charge >= 0.3 is 5.97 Å². The zero-order valence-electron chi connectivity index (χ0n) is 19.5. The van der Waals surface area contributed by atoms with Gasteiger partial charge in [-0.1, -0.05) is 58.7 Å². The molecule has 0 radical (unpaired) electrons. The third kappa shape index (κ3) is 4.95. The number of rotatable bonds is 6. The lowest BCUT2D eigenvalue weighted by Gasteiger charge is -2.24. The van der Waals surface area contributed by atoms with Crippen molar-refractivity contribution < 1.29 is 14.3 Å². The van der Waals surface area contributed by atoms with Gasteiger partial charge in [0.1, 0.15) is 12.4 Å². The van der Waals surface area contributed by atoms with Crippen LogP contribution in [0.5, 0.6) is 5.75 Å². The van der Waals surface area contributed by atoms with E-state index in [-0.39, 0.29) is 18.8 Å². The number of esters is 1. The summed E-state index contributed by atoms with van der Waals surface area (Å²) in [5.74, 6) is 2.45. The summed E-state index contributed by atoms with van der Waals surface area (Å²) in [4.78, 5) is 31.8. The minimum absolute atomic E-state index is 0.0826. The number of nitrogens with zero attached hydrogens (tertiary/aromatic N) is 2. The smallest absolute Gasteiger partial charge is 0.338 e. The van der Waals surface area contributed by atoms with Crippen molar-refractivity contribution in [3.63, 3.8) is 0 Å². The molecule has 2 heterocycles. The largest absolute Gasteiger partial charge is 0.480 e. The van der Waals surface area contributed by atoms with E-state index in [9.17, 15) is 9.59 Å². The van der Waals surface area contributed by atoms with Gasteiger partial charge in [-0.05, 0) is 50.6 Å². The number of halogens is 1. The number of hydrogen-bond acceptors (Lipinski definition) is 6. The van der Waals surface area contributed by atoms with Crippen LogP contribution in [-0.2, 0) is 9.53 Å². The molecule has 0 amide bonds. The maximum Gasteiger partial charge on any atom is 0.338 e. The molecule has 1 aromatic heterocycles. The Morgan fingerprint density at radius 1 is 1.26 bits per heavy atom. The van der Waals surface area contributed by atoms with Crippen LogP contribution in [0, 0.1) is 19.3 Å². The van der Waals surface area contributed by atoms with Gasteiger partial charge in [-0.2, -0.15) is 0 Å².